The van der Waals surface area contributed by atoms with Gasteiger partial charge in [0, 0.05) is 16.8 Å². The average molecular weight is 517 g/mol. The van der Waals surface area contributed by atoms with Gasteiger partial charge in [-0.25, -0.2) is 16.8 Å². The molecule has 33 heavy (non-hydrogen) atoms. The lowest BCUT2D eigenvalue weighted by Gasteiger charge is -2.10. The van der Waals surface area contributed by atoms with Crippen molar-refractivity contribution in [1.29, 1.82) is 0 Å². The van der Waals surface area contributed by atoms with E-state index in [4.69, 9.17) is 4.18 Å². The third-order valence-electron chi connectivity index (χ3n) is 4.68. The predicted octanol–water partition coefficient (Wildman–Crippen LogP) is 0.894. The molecule has 0 unspecified atom stereocenters. The number of hydrogen-bond donors (Lipinski definition) is 4. The van der Waals surface area contributed by atoms with Crippen LogP contribution < -0.4 is 9.50 Å². The first-order chi connectivity index (χ1) is 15.5. The second-order valence-corrected chi connectivity index (χ2v) is 10.4. The smallest absolute Gasteiger partial charge is 0.341 e. The highest BCUT2D eigenvalue weighted by Crippen LogP contribution is 2.36. The molecule has 0 aliphatic rings. The van der Waals surface area contributed by atoms with E-state index < -0.39 is 49.9 Å². The van der Waals surface area contributed by atoms with Gasteiger partial charge in [-0.2, -0.15) is 8.42 Å². The van der Waals surface area contributed by atoms with E-state index in [0.29, 0.717) is 5.56 Å². The van der Waals surface area contributed by atoms with Crippen LogP contribution in [0.1, 0.15) is 11.3 Å². The van der Waals surface area contributed by atoms with Gasteiger partial charge in [0.15, 0.2) is 10.7 Å². The zero-order valence-electron chi connectivity index (χ0n) is 17.1. The van der Waals surface area contributed by atoms with Crippen LogP contribution in [0.5, 0.6) is 5.75 Å². The molecule has 0 amide bonds. The van der Waals surface area contributed by atoms with Crippen LogP contribution >= 0.6 is 0 Å². The van der Waals surface area contributed by atoms with E-state index in [-0.39, 0.29) is 38.7 Å². The zero-order valence-corrected chi connectivity index (χ0v) is 19.7. The third kappa shape index (κ3) is 5.64. The van der Waals surface area contributed by atoms with E-state index in [2.05, 4.69) is 5.32 Å². The van der Waals surface area contributed by atoms with Crippen LogP contribution in [-0.2, 0) is 48.6 Å². The van der Waals surface area contributed by atoms with Crippen molar-refractivity contribution in [3.05, 3.63) is 53.7 Å². The summed E-state index contributed by atoms with van der Waals surface area (Å²) in [6.07, 6.45) is 0. The largest absolute Gasteiger partial charge is 0.480 e. The van der Waals surface area contributed by atoms with Crippen LogP contribution in [0.15, 0.2) is 47.4 Å². The number of thiol groups is 2. The summed E-state index contributed by atoms with van der Waals surface area (Å²) in [6.45, 7) is 0.893. The Balaban J connectivity index is 2.14. The minimum absolute atomic E-state index is 0.0773. The molecule has 0 bridgehead atoms. The summed E-state index contributed by atoms with van der Waals surface area (Å²) in [7, 11) is -9.97. The zero-order chi connectivity index (χ0) is 24.3. The van der Waals surface area contributed by atoms with Crippen molar-refractivity contribution in [2.24, 2.45) is 0 Å². The number of carboxylic acid groups (broad SMARTS) is 1. The molecule has 14 heteroatoms. The molecule has 1 aromatic heterocycles. The lowest BCUT2D eigenvalue weighted by atomic mass is 10.2. The van der Waals surface area contributed by atoms with Crippen molar-refractivity contribution in [2.45, 2.75) is 24.1 Å². The molecular formula is C19H20N2O9S3. The number of benzene rings is 2. The van der Waals surface area contributed by atoms with E-state index in [1.165, 1.54) is 54.0 Å². The molecule has 178 valence electrons. The van der Waals surface area contributed by atoms with E-state index in [9.17, 15) is 35.2 Å². The molecule has 0 aliphatic carbocycles. The van der Waals surface area contributed by atoms with E-state index in [1.54, 1.807) is 0 Å². The molecule has 11 nitrogen and oxygen atoms in total. The van der Waals surface area contributed by atoms with Crippen LogP contribution in [0.2, 0.25) is 0 Å². The Kier molecular flexibility index (Phi) is 7.29. The number of rotatable bonds is 10. The van der Waals surface area contributed by atoms with Crippen molar-refractivity contribution in [2.75, 3.05) is 11.2 Å². The maximum absolute atomic E-state index is 13.3. The topological polar surface area (TPSA) is 166 Å². The van der Waals surface area contributed by atoms with Crippen LogP contribution in [0, 0.1) is 6.92 Å². The number of nitrogens with zero attached hydrogens (tertiary/aromatic N) is 1. The molecule has 0 saturated heterocycles. The van der Waals surface area contributed by atoms with Crippen molar-refractivity contribution < 1.29 is 39.3 Å². The Labute approximate surface area is 192 Å². The minimum Gasteiger partial charge on any atom is -0.480 e. The van der Waals surface area contributed by atoms with Crippen LogP contribution in [-0.4, -0.2) is 46.8 Å². The molecule has 2 N–H and O–H groups in total. The highest BCUT2D eigenvalue weighted by Gasteiger charge is 2.29. The van der Waals surface area contributed by atoms with Gasteiger partial charge in [0.05, 0.1) is 11.3 Å². The van der Waals surface area contributed by atoms with E-state index in [0.717, 1.165) is 0 Å². The van der Waals surface area contributed by atoms with Crippen LogP contribution in [0.25, 0.3) is 10.9 Å². The first kappa shape index (κ1) is 24.5. The molecular weight excluding hydrogens is 496 g/mol. The minimum atomic E-state index is -4.51. The molecule has 3 aromatic rings. The Bertz CT molecular complexity index is 1450. The van der Waals surface area contributed by atoms with Gasteiger partial charge in [-0.15, -0.1) is 0 Å². The Hall–Kier alpha value is -3.10. The molecule has 1 heterocycles. The highest BCUT2D eigenvalue weighted by atomic mass is 32.2. The van der Waals surface area contributed by atoms with Crippen LogP contribution in [0.4, 0.5) is 5.69 Å². The van der Waals surface area contributed by atoms with Gasteiger partial charge in [-0.1, -0.05) is 18.2 Å². The average Bonchev–Trinajstić information content (AvgIpc) is 2.99. The van der Waals surface area contributed by atoms with Gasteiger partial charge in [0.1, 0.15) is 33.8 Å². The Morgan fingerprint density at radius 3 is 2.30 bits per heavy atom. The number of aliphatic carboxylic acids is 1. The number of carboxylic acids is 1. The summed E-state index contributed by atoms with van der Waals surface area (Å²) >= 11 is 0. The standard InChI is InChI=1S/C19H20N2O9S3/c1-12-19(33(28,29)30-14-7-5-13(6-8-14)10-31(24)25)18-15(20-11-32(26)27)3-2-4-16(18)21(12)9-17(22)23/h2-8,20,31-32H,9-11H2,1H3,(H,22,23). The third-order valence-corrected chi connectivity index (χ3v) is 7.13. The number of hydrogen-bond acceptors (Lipinski definition) is 9. The lowest BCUT2D eigenvalue weighted by Crippen LogP contribution is -2.14. The number of carbonyl (C=O) groups is 1. The highest BCUT2D eigenvalue weighted by molar-refractivity contribution is 7.87. The quantitative estimate of drug-likeness (QED) is 0.225. The normalized spacial score (nSPS) is 11.8. The fraction of sp³-hybridized carbons (Fsp3) is 0.211. The predicted molar refractivity (Wildman–Crippen MR) is 121 cm³/mol. The van der Waals surface area contributed by atoms with E-state index >= 15 is 0 Å². The Morgan fingerprint density at radius 1 is 1.06 bits per heavy atom. The fourth-order valence-corrected chi connectivity index (χ4v) is 5.59. The summed E-state index contributed by atoms with van der Waals surface area (Å²) in [4.78, 5) is 11.1. The summed E-state index contributed by atoms with van der Waals surface area (Å²) in [5.41, 5.74) is 0.977. The molecule has 0 saturated carbocycles. The first-order valence-electron chi connectivity index (χ1n) is 9.34. The summed E-state index contributed by atoms with van der Waals surface area (Å²) in [6, 6.07) is 9.96. The number of fused-ring (bicyclic) bond motifs is 1. The SMILES string of the molecule is Cc1c(S(=O)(=O)Oc2ccc(C[SH](=O)=O)cc2)c2c(NC[SH](=O)=O)cccc2n1CC(=O)O. The molecule has 0 aliphatic heterocycles. The lowest BCUT2D eigenvalue weighted by molar-refractivity contribution is -0.137. The maximum Gasteiger partial charge on any atom is 0.341 e. The van der Waals surface area contributed by atoms with Gasteiger partial charge >= 0.3 is 16.1 Å². The van der Waals surface area contributed by atoms with Gasteiger partial charge < -0.3 is 19.2 Å². The fourth-order valence-electron chi connectivity index (χ4n) is 3.40. The van der Waals surface area contributed by atoms with Crippen molar-refractivity contribution in [3.63, 3.8) is 0 Å². The van der Waals surface area contributed by atoms with Crippen molar-refractivity contribution >= 4 is 54.1 Å². The summed E-state index contributed by atoms with van der Waals surface area (Å²) < 4.78 is 76.9. The molecule has 0 fully saturated rings. The van der Waals surface area contributed by atoms with Gasteiger partial charge in [0.25, 0.3) is 0 Å². The maximum atomic E-state index is 13.3. The molecule has 3 rings (SSSR count). The Morgan fingerprint density at radius 2 is 1.73 bits per heavy atom. The number of anilines is 1. The van der Waals surface area contributed by atoms with Crippen molar-refractivity contribution in [1.82, 2.24) is 4.57 Å². The summed E-state index contributed by atoms with van der Waals surface area (Å²) in [5, 5.41) is 12.0. The molecule has 2 aromatic carbocycles. The summed E-state index contributed by atoms with van der Waals surface area (Å²) in [5.74, 6) is -1.94. The molecule has 0 spiro atoms. The second kappa shape index (κ2) is 9.80. The van der Waals surface area contributed by atoms with Crippen molar-refractivity contribution in [3.8, 4) is 5.75 Å². The molecule has 0 radical (unpaired) electrons. The first-order valence-corrected chi connectivity index (χ1v) is 13.5. The number of nitrogens with one attached hydrogen (secondary N) is 1. The van der Waals surface area contributed by atoms with Gasteiger partial charge in [-0.3, -0.25) is 4.79 Å². The monoisotopic (exact) mass is 516 g/mol. The van der Waals surface area contributed by atoms with Gasteiger partial charge in [-0.05, 0) is 36.8 Å². The van der Waals surface area contributed by atoms with E-state index in [1.807, 2.05) is 0 Å². The van der Waals surface area contributed by atoms with Gasteiger partial charge in [0.2, 0.25) is 0 Å². The second-order valence-electron chi connectivity index (χ2n) is 6.93. The number of aromatic nitrogens is 1. The molecule has 0 atom stereocenters. The van der Waals surface area contributed by atoms with Crippen LogP contribution in [0.3, 0.4) is 0 Å².